The Morgan fingerprint density at radius 3 is 2.33 bits per heavy atom. The maximum Gasteiger partial charge on any atom is 0.573 e. The first-order chi connectivity index (χ1) is 9.85. The molecule has 0 aliphatic carbocycles. The molecule has 1 aromatic carbocycles. The number of aromatic nitrogens is 2. The van der Waals surface area contributed by atoms with Crippen molar-refractivity contribution in [2.45, 2.75) is 6.36 Å². The molecule has 0 saturated heterocycles. The third-order valence-corrected chi connectivity index (χ3v) is 2.29. The molecule has 3 N–H and O–H groups in total. The second kappa shape index (κ2) is 5.65. The number of nitrogens with two attached hydrogens (primary N) is 1. The Hall–Kier alpha value is -2.84. The Labute approximate surface area is 116 Å². The van der Waals surface area contributed by atoms with Crippen LogP contribution in [0.3, 0.4) is 0 Å². The van der Waals surface area contributed by atoms with E-state index in [0.717, 1.165) is 12.1 Å². The van der Waals surface area contributed by atoms with Crippen molar-refractivity contribution >= 4 is 17.4 Å². The van der Waals surface area contributed by atoms with E-state index in [1.807, 2.05) is 0 Å². The highest BCUT2D eigenvalue weighted by Gasteiger charge is 2.30. The van der Waals surface area contributed by atoms with Gasteiger partial charge < -0.3 is 15.8 Å². The number of nitrogen functional groups attached to an aromatic ring is 1. The van der Waals surface area contributed by atoms with E-state index in [-0.39, 0.29) is 22.9 Å². The predicted molar refractivity (Wildman–Crippen MR) is 67.5 cm³/mol. The van der Waals surface area contributed by atoms with Crippen LogP contribution in [0, 0.1) is 0 Å². The first-order valence-corrected chi connectivity index (χ1v) is 5.59. The maximum absolute atomic E-state index is 12.0. The number of nitrogens with zero attached hydrogens (tertiary/aromatic N) is 2. The van der Waals surface area contributed by atoms with E-state index in [4.69, 9.17) is 5.73 Å². The molecule has 110 valence electrons. The van der Waals surface area contributed by atoms with Crippen LogP contribution in [-0.2, 0) is 0 Å². The number of rotatable bonds is 3. The molecule has 0 aliphatic heterocycles. The minimum atomic E-state index is -4.77. The van der Waals surface area contributed by atoms with Crippen molar-refractivity contribution in [3.63, 3.8) is 0 Å². The molecular formula is C12H9F3N4O2. The van der Waals surface area contributed by atoms with Crippen LogP contribution in [0.4, 0.5) is 24.7 Å². The zero-order valence-electron chi connectivity index (χ0n) is 10.4. The van der Waals surface area contributed by atoms with Crippen molar-refractivity contribution in [2.75, 3.05) is 11.1 Å². The van der Waals surface area contributed by atoms with Crippen molar-refractivity contribution in [1.82, 2.24) is 9.97 Å². The molecule has 1 amide bonds. The Kier molecular flexibility index (Phi) is 3.92. The summed E-state index contributed by atoms with van der Waals surface area (Å²) in [5.74, 6) is -1.06. The number of carbonyl (C=O) groups excluding carboxylic acids is 1. The van der Waals surface area contributed by atoms with Gasteiger partial charge in [0.1, 0.15) is 5.75 Å². The van der Waals surface area contributed by atoms with Gasteiger partial charge in [0.2, 0.25) is 0 Å². The minimum absolute atomic E-state index is 0.0491. The first kappa shape index (κ1) is 14.6. The van der Waals surface area contributed by atoms with Gasteiger partial charge in [0.25, 0.3) is 5.91 Å². The molecule has 2 rings (SSSR count). The summed E-state index contributed by atoms with van der Waals surface area (Å²) in [5.41, 5.74) is 5.68. The number of carbonyl (C=O) groups is 1. The SMILES string of the molecule is Nc1nccnc1C(=O)Nc1ccc(OC(F)(F)F)cc1. The Balaban J connectivity index is 2.07. The van der Waals surface area contributed by atoms with Gasteiger partial charge in [-0.3, -0.25) is 4.79 Å². The first-order valence-electron chi connectivity index (χ1n) is 5.59. The van der Waals surface area contributed by atoms with Gasteiger partial charge in [0, 0.05) is 18.1 Å². The van der Waals surface area contributed by atoms with Crippen molar-refractivity contribution in [3.05, 3.63) is 42.4 Å². The Bertz CT molecular complexity index is 644. The summed E-state index contributed by atoms with van der Waals surface area (Å²) >= 11 is 0. The maximum atomic E-state index is 12.0. The second-order valence-electron chi connectivity index (χ2n) is 3.82. The van der Waals surface area contributed by atoms with E-state index in [9.17, 15) is 18.0 Å². The molecule has 1 heterocycles. The van der Waals surface area contributed by atoms with Crippen LogP contribution in [0.25, 0.3) is 0 Å². The summed E-state index contributed by atoms with van der Waals surface area (Å²) in [5, 5.41) is 2.43. The lowest BCUT2D eigenvalue weighted by molar-refractivity contribution is -0.274. The number of nitrogens with one attached hydrogen (secondary N) is 1. The fourth-order valence-electron chi connectivity index (χ4n) is 1.45. The van der Waals surface area contributed by atoms with Gasteiger partial charge in [-0.2, -0.15) is 0 Å². The molecule has 0 spiro atoms. The Morgan fingerprint density at radius 1 is 1.14 bits per heavy atom. The van der Waals surface area contributed by atoms with Crippen LogP contribution in [0.2, 0.25) is 0 Å². The van der Waals surface area contributed by atoms with Gasteiger partial charge in [-0.25, -0.2) is 9.97 Å². The summed E-state index contributed by atoms with van der Waals surface area (Å²) in [6, 6.07) is 4.66. The van der Waals surface area contributed by atoms with Crippen molar-refractivity contribution in [3.8, 4) is 5.75 Å². The van der Waals surface area contributed by atoms with Crippen LogP contribution in [-0.4, -0.2) is 22.2 Å². The smallest absolute Gasteiger partial charge is 0.406 e. The zero-order chi connectivity index (χ0) is 15.5. The van der Waals surface area contributed by atoms with Gasteiger partial charge in [0.05, 0.1) is 0 Å². The van der Waals surface area contributed by atoms with E-state index < -0.39 is 12.3 Å². The summed E-state index contributed by atoms with van der Waals surface area (Å²) < 4.78 is 39.7. The van der Waals surface area contributed by atoms with Crippen molar-refractivity contribution < 1.29 is 22.7 Å². The Morgan fingerprint density at radius 2 is 1.76 bits per heavy atom. The lowest BCUT2D eigenvalue weighted by atomic mass is 10.3. The fraction of sp³-hybridized carbons (Fsp3) is 0.0833. The van der Waals surface area contributed by atoms with Gasteiger partial charge >= 0.3 is 6.36 Å². The number of ether oxygens (including phenoxy) is 1. The molecule has 0 saturated carbocycles. The summed E-state index contributed by atoms with van der Waals surface area (Å²) in [6.07, 6.45) is -2.14. The normalized spacial score (nSPS) is 11.0. The van der Waals surface area contributed by atoms with Crippen LogP contribution in [0.5, 0.6) is 5.75 Å². The minimum Gasteiger partial charge on any atom is -0.406 e. The van der Waals surface area contributed by atoms with E-state index in [1.54, 1.807) is 0 Å². The second-order valence-corrected chi connectivity index (χ2v) is 3.82. The lowest BCUT2D eigenvalue weighted by Gasteiger charge is -2.10. The predicted octanol–water partition coefficient (Wildman–Crippen LogP) is 2.21. The van der Waals surface area contributed by atoms with Crippen molar-refractivity contribution in [2.24, 2.45) is 0 Å². The van der Waals surface area contributed by atoms with Gasteiger partial charge in [-0.05, 0) is 24.3 Å². The number of amides is 1. The lowest BCUT2D eigenvalue weighted by Crippen LogP contribution is -2.18. The molecule has 0 bridgehead atoms. The standard InChI is InChI=1S/C12H9F3N4O2/c13-12(14,15)21-8-3-1-7(2-4-8)19-11(20)9-10(16)18-6-5-17-9/h1-6H,(H2,16,18)(H,19,20). The molecule has 0 aliphatic rings. The number of benzene rings is 1. The quantitative estimate of drug-likeness (QED) is 0.906. The highest BCUT2D eigenvalue weighted by atomic mass is 19.4. The highest BCUT2D eigenvalue weighted by Crippen LogP contribution is 2.24. The van der Waals surface area contributed by atoms with Crippen molar-refractivity contribution in [1.29, 1.82) is 0 Å². The molecule has 0 atom stereocenters. The number of alkyl halides is 3. The number of anilines is 2. The van der Waals surface area contributed by atoms with E-state index >= 15 is 0 Å². The fourth-order valence-corrected chi connectivity index (χ4v) is 1.45. The molecule has 2 aromatic rings. The zero-order valence-corrected chi connectivity index (χ0v) is 10.4. The van der Waals surface area contributed by atoms with Gasteiger partial charge in [-0.1, -0.05) is 0 Å². The molecule has 9 heteroatoms. The van der Waals surface area contributed by atoms with Gasteiger partial charge in [-0.15, -0.1) is 13.2 Å². The van der Waals surface area contributed by atoms with Crippen LogP contribution < -0.4 is 15.8 Å². The molecule has 0 fully saturated rings. The molecule has 21 heavy (non-hydrogen) atoms. The summed E-state index contributed by atoms with van der Waals surface area (Å²) in [7, 11) is 0. The molecule has 0 unspecified atom stereocenters. The number of halogens is 3. The third kappa shape index (κ3) is 4.06. The third-order valence-electron chi connectivity index (χ3n) is 2.29. The monoisotopic (exact) mass is 298 g/mol. The van der Waals surface area contributed by atoms with E-state index in [1.165, 1.54) is 24.5 Å². The average molecular weight is 298 g/mol. The van der Waals surface area contributed by atoms with Crippen LogP contribution in [0.15, 0.2) is 36.7 Å². The average Bonchev–Trinajstić information content (AvgIpc) is 2.40. The van der Waals surface area contributed by atoms with E-state index in [2.05, 4.69) is 20.0 Å². The topological polar surface area (TPSA) is 90.1 Å². The largest absolute Gasteiger partial charge is 0.573 e. The molecule has 0 radical (unpaired) electrons. The van der Waals surface area contributed by atoms with E-state index in [0.29, 0.717) is 0 Å². The summed E-state index contributed by atoms with van der Waals surface area (Å²) in [6.45, 7) is 0. The highest BCUT2D eigenvalue weighted by molar-refractivity contribution is 6.05. The van der Waals surface area contributed by atoms with Crippen LogP contribution in [0.1, 0.15) is 10.5 Å². The molecule has 6 nitrogen and oxygen atoms in total. The number of hydrogen-bond donors (Lipinski definition) is 2. The summed E-state index contributed by atoms with van der Waals surface area (Å²) in [4.78, 5) is 19.3. The van der Waals surface area contributed by atoms with Crippen LogP contribution >= 0.6 is 0 Å². The molecule has 1 aromatic heterocycles. The molecular weight excluding hydrogens is 289 g/mol. The number of hydrogen-bond acceptors (Lipinski definition) is 5. The van der Waals surface area contributed by atoms with Gasteiger partial charge in [0.15, 0.2) is 11.5 Å².